The van der Waals surface area contributed by atoms with E-state index in [1.807, 2.05) is 0 Å². The van der Waals surface area contributed by atoms with Crippen molar-refractivity contribution in [1.29, 1.82) is 0 Å². The standard InChI is InChI=1S/C7H13NO5/c1-4-13-6(9)7(3,10)5(2)8(11)12/h5,10H,4H2,1-3H3. The first-order chi connectivity index (χ1) is 5.84. The van der Waals surface area contributed by atoms with E-state index in [9.17, 15) is 20.0 Å². The Balaban J connectivity index is 4.54. The maximum absolute atomic E-state index is 11.0. The molecule has 6 heteroatoms. The second-order valence-electron chi connectivity index (χ2n) is 2.83. The summed E-state index contributed by atoms with van der Waals surface area (Å²) in [6, 6.07) is -1.38. The number of carbonyl (C=O) groups excluding carboxylic acids is 1. The smallest absolute Gasteiger partial charge is 0.345 e. The molecular formula is C7H13NO5. The summed E-state index contributed by atoms with van der Waals surface area (Å²) in [5.74, 6) is -0.973. The van der Waals surface area contributed by atoms with Crippen LogP contribution in [0.15, 0.2) is 0 Å². The van der Waals surface area contributed by atoms with E-state index in [4.69, 9.17) is 0 Å². The molecule has 0 aliphatic carbocycles. The third kappa shape index (κ3) is 2.66. The van der Waals surface area contributed by atoms with Crippen LogP contribution in [0.5, 0.6) is 0 Å². The van der Waals surface area contributed by atoms with Crippen LogP contribution < -0.4 is 0 Å². The van der Waals surface area contributed by atoms with Gasteiger partial charge < -0.3 is 9.84 Å². The lowest BCUT2D eigenvalue weighted by molar-refractivity contribution is -0.536. The number of aliphatic hydroxyl groups is 1. The van der Waals surface area contributed by atoms with Crippen LogP contribution in [0.25, 0.3) is 0 Å². The summed E-state index contributed by atoms with van der Waals surface area (Å²) in [6.07, 6.45) is 0. The Labute approximate surface area is 75.7 Å². The van der Waals surface area contributed by atoms with Crippen LogP contribution in [-0.4, -0.2) is 34.2 Å². The van der Waals surface area contributed by atoms with E-state index in [1.54, 1.807) is 6.92 Å². The largest absolute Gasteiger partial charge is 0.464 e. The van der Waals surface area contributed by atoms with Crippen molar-refractivity contribution in [2.75, 3.05) is 6.61 Å². The molecular weight excluding hydrogens is 178 g/mol. The predicted molar refractivity (Wildman–Crippen MR) is 43.7 cm³/mol. The van der Waals surface area contributed by atoms with Gasteiger partial charge in [0.15, 0.2) is 0 Å². The molecule has 0 bridgehead atoms. The molecule has 0 saturated heterocycles. The zero-order valence-corrected chi connectivity index (χ0v) is 7.81. The highest BCUT2D eigenvalue weighted by atomic mass is 16.6. The van der Waals surface area contributed by atoms with E-state index in [1.165, 1.54) is 0 Å². The van der Waals surface area contributed by atoms with Gasteiger partial charge in [-0.05, 0) is 13.8 Å². The van der Waals surface area contributed by atoms with Crippen LogP contribution in [0.3, 0.4) is 0 Å². The van der Waals surface area contributed by atoms with E-state index in [-0.39, 0.29) is 6.61 Å². The Bertz CT molecular complexity index is 213. The van der Waals surface area contributed by atoms with Gasteiger partial charge in [-0.25, -0.2) is 4.79 Å². The Morgan fingerprint density at radius 3 is 2.54 bits per heavy atom. The van der Waals surface area contributed by atoms with Crippen LogP contribution >= 0.6 is 0 Å². The van der Waals surface area contributed by atoms with Gasteiger partial charge in [0, 0.05) is 11.8 Å². The highest BCUT2D eigenvalue weighted by Gasteiger charge is 2.45. The molecule has 13 heavy (non-hydrogen) atoms. The van der Waals surface area contributed by atoms with Crippen LogP contribution in [0.4, 0.5) is 0 Å². The fourth-order valence-corrected chi connectivity index (χ4v) is 0.653. The molecule has 0 aromatic heterocycles. The molecule has 0 rings (SSSR count). The number of carbonyl (C=O) groups is 1. The number of nitro groups is 1. The van der Waals surface area contributed by atoms with Gasteiger partial charge in [-0.1, -0.05) is 0 Å². The van der Waals surface area contributed by atoms with Gasteiger partial charge in [0.25, 0.3) is 0 Å². The maximum Gasteiger partial charge on any atom is 0.345 e. The van der Waals surface area contributed by atoms with E-state index in [0.29, 0.717) is 0 Å². The minimum absolute atomic E-state index is 0.0828. The van der Waals surface area contributed by atoms with Gasteiger partial charge in [-0.2, -0.15) is 0 Å². The topological polar surface area (TPSA) is 89.7 Å². The molecule has 0 amide bonds. The molecule has 0 aromatic rings. The van der Waals surface area contributed by atoms with Crippen LogP contribution in [0.2, 0.25) is 0 Å². The highest BCUT2D eigenvalue weighted by Crippen LogP contribution is 2.14. The molecule has 0 saturated carbocycles. The second-order valence-corrected chi connectivity index (χ2v) is 2.83. The monoisotopic (exact) mass is 191 g/mol. The number of nitrogens with zero attached hydrogens (tertiary/aromatic N) is 1. The minimum Gasteiger partial charge on any atom is -0.464 e. The fraction of sp³-hybridized carbons (Fsp3) is 0.857. The molecule has 0 spiro atoms. The first-order valence-electron chi connectivity index (χ1n) is 3.87. The third-order valence-corrected chi connectivity index (χ3v) is 1.82. The summed E-state index contributed by atoms with van der Waals surface area (Å²) in [6.45, 7) is 3.86. The Morgan fingerprint density at radius 2 is 2.23 bits per heavy atom. The van der Waals surface area contributed by atoms with E-state index in [0.717, 1.165) is 13.8 Å². The number of ether oxygens (including phenoxy) is 1. The van der Waals surface area contributed by atoms with Crippen molar-refractivity contribution >= 4 is 5.97 Å². The predicted octanol–water partition coefficient (Wildman–Crippen LogP) is -0.0343. The molecule has 0 radical (unpaired) electrons. The number of hydrogen-bond acceptors (Lipinski definition) is 5. The average molecular weight is 191 g/mol. The first kappa shape index (κ1) is 11.8. The molecule has 0 aliphatic rings. The molecule has 2 unspecified atom stereocenters. The van der Waals surface area contributed by atoms with Gasteiger partial charge in [0.2, 0.25) is 11.6 Å². The molecule has 76 valence electrons. The quantitative estimate of drug-likeness (QED) is 0.382. The van der Waals surface area contributed by atoms with Crippen molar-refractivity contribution in [3.8, 4) is 0 Å². The Morgan fingerprint density at radius 1 is 1.77 bits per heavy atom. The van der Waals surface area contributed by atoms with Crippen LogP contribution in [0, 0.1) is 10.1 Å². The van der Waals surface area contributed by atoms with Gasteiger partial charge in [-0.15, -0.1) is 0 Å². The normalized spacial score (nSPS) is 17.2. The van der Waals surface area contributed by atoms with E-state index < -0.39 is 22.5 Å². The molecule has 0 heterocycles. The highest BCUT2D eigenvalue weighted by molar-refractivity contribution is 5.79. The van der Waals surface area contributed by atoms with E-state index in [2.05, 4.69) is 4.74 Å². The summed E-state index contributed by atoms with van der Waals surface area (Å²) in [5.41, 5.74) is -2.07. The number of hydrogen-bond donors (Lipinski definition) is 1. The first-order valence-corrected chi connectivity index (χ1v) is 3.87. The maximum atomic E-state index is 11.0. The fourth-order valence-electron chi connectivity index (χ4n) is 0.653. The zero-order valence-electron chi connectivity index (χ0n) is 7.81. The van der Waals surface area contributed by atoms with Crippen molar-refractivity contribution in [3.05, 3.63) is 10.1 Å². The molecule has 0 aromatic carbocycles. The summed E-state index contributed by atoms with van der Waals surface area (Å²) >= 11 is 0. The van der Waals surface area contributed by atoms with Crippen LogP contribution in [-0.2, 0) is 9.53 Å². The summed E-state index contributed by atoms with van der Waals surface area (Å²) in [4.78, 5) is 20.6. The molecule has 0 aliphatic heterocycles. The number of esters is 1. The summed E-state index contributed by atoms with van der Waals surface area (Å²) in [7, 11) is 0. The average Bonchev–Trinajstić information content (AvgIpc) is 2.03. The van der Waals surface area contributed by atoms with Gasteiger partial charge in [-0.3, -0.25) is 10.1 Å². The van der Waals surface area contributed by atoms with Gasteiger partial charge >= 0.3 is 5.97 Å². The molecule has 1 N–H and O–H groups in total. The zero-order chi connectivity index (χ0) is 10.6. The van der Waals surface area contributed by atoms with Crippen molar-refractivity contribution < 1.29 is 19.6 Å². The molecule has 2 atom stereocenters. The lowest BCUT2D eigenvalue weighted by Gasteiger charge is -2.21. The summed E-state index contributed by atoms with van der Waals surface area (Å²) in [5, 5.41) is 19.7. The lowest BCUT2D eigenvalue weighted by atomic mass is 9.99. The lowest BCUT2D eigenvalue weighted by Crippen LogP contribution is -2.50. The molecule has 0 fully saturated rings. The van der Waals surface area contributed by atoms with Crippen molar-refractivity contribution in [3.63, 3.8) is 0 Å². The van der Waals surface area contributed by atoms with Crippen molar-refractivity contribution in [2.45, 2.75) is 32.4 Å². The van der Waals surface area contributed by atoms with Gasteiger partial charge in [0.05, 0.1) is 6.61 Å². The summed E-state index contributed by atoms with van der Waals surface area (Å²) < 4.78 is 4.48. The SMILES string of the molecule is CCOC(=O)C(C)(O)C(C)[N+](=O)[O-]. The van der Waals surface area contributed by atoms with E-state index >= 15 is 0 Å². The van der Waals surface area contributed by atoms with Crippen LogP contribution in [0.1, 0.15) is 20.8 Å². The Hall–Kier alpha value is -1.17. The van der Waals surface area contributed by atoms with Crippen molar-refractivity contribution in [2.24, 2.45) is 0 Å². The van der Waals surface area contributed by atoms with Gasteiger partial charge in [0.1, 0.15) is 0 Å². The second kappa shape index (κ2) is 4.18. The van der Waals surface area contributed by atoms with Crippen molar-refractivity contribution in [1.82, 2.24) is 0 Å². The Kier molecular flexibility index (Phi) is 3.80. The number of rotatable bonds is 4. The molecule has 6 nitrogen and oxygen atoms in total. The minimum atomic E-state index is -2.07. The third-order valence-electron chi connectivity index (χ3n) is 1.82.